The molecule has 5 nitrogen and oxygen atoms in total. The van der Waals surface area contributed by atoms with E-state index in [0.717, 1.165) is 26.2 Å². The first-order valence-corrected chi connectivity index (χ1v) is 8.15. The van der Waals surface area contributed by atoms with Crippen LogP contribution in [0.1, 0.15) is 12.8 Å². The van der Waals surface area contributed by atoms with Crippen LogP contribution in [0.2, 0.25) is 0 Å². The summed E-state index contributed by atoms with van der Waals surface area (Å²) in [6.07, 6.45) is 2.40. The van der Waals surface area contributed by atoms with Crippen molar-refractivity contribution < 1.29 is 9.47 Å². The molecule has 0 saturated carbocycles. The van der Waals surface area contributed by atoms with Crippen molar-refractivity contribution in [2.75, 3.05) is 56.8 Å². The summed E-state index contributed by atoms with van der Waals surface area (Å²) in [4.78, 5) is 4.90. The molecule has 2 heterocycles. The number of ether oxygens (including phenoxy) is 2. The molecule has 2 aliphatic heterocycles. The Morgan fingerprint density at radius 2 is 1.95 bits per heavy atom. The molecule has 0 aromatic heterocycles. The van der Waals surface area contributed by atoms with Gasteiger partial charge in [-0.3, -0.25) is 0 Å². The van der Waals surface area contributed by atoms with Crippen LogP contribution in [0.3, 0.4) is 0 Å². The molecule has 0 atom stereocenters. The topological polar surface area (TPSA) is 37.0 Å². The van der Waals surface area contributed by atoms with Gasteiger partial charge in [-0.1, -0.05) is 12.1 Å². The molecule has 5 heteroatoms. The zero-order valence-corrected chi connectivity index (χ0v) is 13.3. The second kappa shape index (κ2) is 7.81. The molecule has 3 rings (SSSR count). The first-order chi connectivity index (χ1) is 10.9. The van der Waals surface area contributed by atoms with Gasteiger partial charge in [0.1, 0.15) is 6.67 Å². The van der Waals surface area contributed by atoms with Crippen LogP contribution in [0.15, 0.2) is 24.3 Å². The Hall–Kier alpha value is -1.30. The number of likely N-dealkylation sites (tertiary alicyclic amines) is 1. The molecule has 1 aromatic rings. The Morgan fingerprint density at radius 1 is 1.14 bits per heavy atom. The van der Waals surface area contributed by atoms with Crippen molar-refractivity contribution in [3.63, 3.8) is 0 Å². The van der Waals surface area contributed by atoms with Gasteiger partial charge in [-0.05, 0) is 25.0 Å². The number of fused-ring (bicyclic) bond motifs is 1. The quantitative estimate of drug-likeness (QED) is 0.781. The lowest BCUT2D eigenvalue weighted by atomic mass is 10.0. The summed E-state index contributed by atoms with van der Waals surface area (Å²) in [5, 5.41) is 3.37. The molecule has 1 aromatic carbocycles. The van der Waals surface area contributed by atoms with E-state index < -0.39 is 0 Å². The number of nitrogens with one attached hydrogen (secondary N) is 1. The van der Waals surface area contributed by atoms with E-state index >= 15 is 0 Å². The Bertz CT molecular complexity index is 461. The van der Waals surface area contributed by atoms with Crippen molar-refractivity contribution in [2.24, 2.45) is 0 Å². The van der Waals surface area contributed by atoms with Crippen molar-refractivity contribution in [3.05, 3.63) is 30.9 Å². The summed E-state index contributed by atoms with van der Waals surface area (Å²) < 4.78 is 10.5. The number of benzene rings is 1. The smallest absolute Gasteiger partial charge is 0.139 e. The molecular weight excluding hydrogens is 278 g/mol. The van der Waals surface area contributed by atoms with E-state index in [1.54, 1.807) is 7.11 Å². The highest BCUT2D eigenvalue weighted by Crippen LogP contribution is 2.36. The highest BCUT2D eigenvalue weighted by Gasteiger charge is 2.29. The third-order valence-corrected chi connectivity index (χ3v) is 4.48. The zero-order chi connectivity index (χ0) is 15.2. The maximum absolute atomic E-state index is 5.56. The minimum absolute atomic E-state index is 0.599. The third-order valence-electron chi connectivity index (χ3n) is 4.48. The Morgan fingerprint density at radius 3 is 2.77 bits per heavy atom. The average molecular weight is 304 g/mol. The van der Waals surface area contributed by atoms with Gasteiger partial charge >= 0.3 is 0 Å². The molecule has 0 spiro atoms. The van der Waals surface area contributed by atoms with E-state index in [1.807, 2.05) is 0 Å². The van der Waals surface area contributed by atoms with E-state index in [0.29, 0.717) is 19.3 Å². The number of hydrogen-bond donors (Lipinski definition) is 1. The molecule has 1 radical (unpaired) electrons. The first-order valence-electron chi connectivity index (χ1n) is 8.15. The van der Waals surface area contributed by atoms with Gasteiger partial charge in [-0.25, -0.2) is 0 Å². The van der Waals surface area contributed by atoms with Crippen molar-refractivity contribution in [1.29, 1.82) is 0 Å². The Balaban J connectivity index is 1.41. The van der Waals surface area contributed by atoms with Gasteiger partial charge in [-0.2, -0.15) is 0 Å². The number of anilines is 2. The lowest BCUT2D eigenvalue weighted by molar-refractivity contribution is 0.0532. The van der Waals surface area contributed by atoms with Gasteiger partial charge in [0, 0.05) is 32.8 Å². The predicted molar refractivity (Wildman–Crippen MR) is 89.0 cm³/mol. The van der Waals surface area contributed by atoms with Crippen molar-refractivity contribution in [3.8, 4) is 0 Å². The SMILES string of the molecule is COCCOCCN1CCC(N2[CH]Nc3ccccc32)CC1. The predicted octanol–water partition coefficient (Wildman–Crippen LogP) is 2.17. The van der Waals surface area contributed by atoms with Gasteiger partial charge in [0.25, 0.3) is 0 Å². The summed E-state index contributed by atoms with van der Waals surface area (Å²) in [6.45, 7) is 7.61. The molecular formula is C17H26N3O2. The van der Waals surface area contributed by atoms with Crippen molar-refractivity contribution in [1.82, 2.24) is 4.90 Å². The second-order valence-electron chi connectivity index (χ2n) is 5.88. The number of nitrogens with zero attached hydrogens (tertiary/aromatic N) is 2. The van der Waals surface area contributed by atoms with E-state index in [2.05, 4.69) is 46.1 Å². The van der Waals surface area contributed by atoms with Crippen LogP contribution >= 0.6 is 0 Å². The summed E-state index contributed by atoms with van der Waals surface area (Å²) in [5.41, 5.74) is 2.53. The molecule has 1 fully saturated rings. The summed E-state index contributed by atoms with van der Waals surface area (Å²) in [7, 11) is 1.70. The van der Waals surface area contributed by atoms with Crippen LogP contribution in [0.5, 0.6) is 0 Å². The molecule has 0 bridgehead atoms. The maximum atomic E-state index is 5.56. The van der Waals surface area contributed by atoms with Crippen LogP contribution in [0.25, 0.3) is 0 Å². The minimum atomic E-state index is 0.599. The normalized spacial score (nSPS) is 19.2. The summed E-state index contributed by atoms with van der Waals surface area (Å²) in [6, 6.07) is 9.12. The van der Waals surface area contributed by atoms with Gasteiger partial charge in [-0.15, -0.1) is 0 Å². The fourth-order valence-corrected chi connectivity index (χ4v) is 3.19. The monoisotopic (exact) mass is 304 g/mol. The molecule has 0 unspecified atom stereocenters. The fourth-order valence-electron chi connectivity index (χ4n) is 3.19. The lowest BCUT2D eigenvalue weighted by Crippen LogP contribution is -2.44. The zero-order valence-electron chi connectivity index (χ0n) is 13.3. The van der Waals surface area contributed by atoms with Crippen molar-refractivity contribution in [2.45, 2.75) is 18.9 Å². The van der Waals surface area contributed by atoms with E-state index in [4.69, 9.17) is 9.47 Å². The van der Waals surface area contributed by atoms with Gasteiger partial charge in [0.05, 0.1) is 31.2 Å². The van der Waals surface area contributed by atoms with Gasteiger partial charge < -0.3 is 24.6 Å². The van der Waals surface area contributed by atoms with Crippen LogP contribution in [0.4, 0.5) is 11.4 Å². The number of hydrogen-bond acceptors (Lipinski definition) is 5. The molecule has 0 aliphatic carbocycles. The Labute approximate surface area is 133 Å². The van der Waals surface area contributed by atoms with Crippen LogP contribution in [-0.2, 0) is 9.47 Å². The van der Waals surface area contributed by atoms with Gasteiger partial charge in [0.15, 0.2) is 0 Å². The number of methoxy groups -OCH3 is 1. The standard InChI is InChI=1S/C17H26N3O2/c1-21-12-13-22-11-10-19-8-6-15(7-9-19)20-14-18-16-4-2-3-5-17(16)20/h2-5,14-15,18H,6-13H2,1H3. The molecule has 1 saturated heterocycles. The molecule has 22 heavy (non-hydrogen) atoms. The lowest BCUT2D eigenvalue weighted by Gasteiger charge is -2.37. The maximum Gasteiger partial charge on any atom is 0.139 e. The second-order valence-corrected chi connectivity index (χ2v) is 5.88. The summed E-state index contributed by atoms with van der Waals surface area (Å²) >= 11 is 0. The number of para-hydroxylation sites is 2. The van der Waals surface area contributed by atoms with Crippen LogP contribution < -0.4 is 10.2 Å². The van der Waals surface area contributed by atoms with E-state index in [-0.39, 0.29) is 0 Å². The largest absolute Gasteiger partial charge is 0.382 e. The molecule has 2 aliphatic rings. The highest BCUT2D eigenvalue weighted by molar-refractivity contribution is 5.77. The average Bonchev–Trinajstić information content (AvgIpc) is 2.99. The Kier molecular flexibility index (Phi) is 5.53. The molecule has 0 amide bonds. The van der Waals surface area contributed by atoms with E-state index in [1.165, 1.54) is 24.2 Å². The van der Waals surface area contributed by atoms with Gasteiger partial charge in [0.2, 0.25) is 0 Å². The highest BCUT2D eigenvalue weighted by atomic mass is 16.5. The molecule has 121 valence electrons. The van der Waals surface area contributed by atoms with E-state index in [9.17, 15) is 0 Å². The summed E-state index contributed by atoms with van der Waals surface area (Å²) in [5.74, 6) is 0. The molecule has 1 N–H and O–H groups in total. The van der Waals surface area contributed by atoms with Crippen LogP contribution in [-0.4, -0.2) is 57.5 Å². The number of rotatable bonds is 7. The fraction of sp³-hybridized carbons (Fsp3) is 0.588. The third kappa shape index (κ3) is 3.72. The first kappa shape index (κ1) is 15.6. The number of piperidine rings is 1. The minimum Gasteiger partial charge on any atom is -0.382 e. The van der Waals surface area contributed by atoms with Crippen LogP contribution in [0, 0.1) is 6.67 Å². The van der Waals surface area contributed by atoms with Crippen molar-refractivity contribution >= 4 is 11.4 Å².